The van der Waals surface area contributed by atoms with Gasteiger partial charge in [0.05, 0.1) is 0 Å². The fraction of sp³-hybridized carbons (Fsp3) is 0.615. The van der Waals surface area contributed by atoms with Gasteiger partial charge in [-0.1, -0.05) is 19.0 Å². The molecule has 6 heteroatoms. The van der Waals surface area contributed by atoms with Crippen molar-refractivity contribution in [3.8, 4) is 0 Å². The van der Waals surface area contributed by atoms with Crippen LogP contribution in [0.25, 0.3) is 0 Å². The van der Waals surface area contributed by atoms with Gasteiger partial charge >= 0.3 is 5.97 Å². The Balaban J connectivity index is 2.10. The summed E-state index contributed by atoms with van der Waals surface area (Å²) in [5.74, 6) is -1.77. The molecular formula is C13H18N2O4. The maximum Gasteiger partial charge on any atom is 0.374 e. The van der Waals surface area contributed by atoms with E-state index in [4.69, 9.17) is 5.11 Å². The Hall–Kier alpha value is -1.85. The van der Waals surface area contributed by atoms with Crippen LogP contribution in [0.4, 0.5) is 0 Å². The molecule has 0 atom stereocenters. The lowest BCUT2D eigenvalue weighted by Crippen LogP contribution is -2.32. The molecule has 1 amide bonds. The Kier molecular flexibility index (Phi) is 3.59. The third kappa shape index (κ3) is 2.47. The lowest BCUT2D eigenvalue weighted by molar-refractivity contribution is 0.0649. The number of carbonyl (C=O) groups excluding carboxylic acids is 1. The molecule has 1 N–H and O–H groups in total. The molecule has 19 heavy (non-hydrogen) atoms. The van der Waals surface area contributed by atoms with E-state index >= 15 is 0 Å². The van der Waals surface area contributed by atoms with Gasteiger partial charge in [0.1, 0.15) is 0 Å². The maximum absolute atomic E-state index is 12.2. The minimum atomic E-state index is -1.22. The summed E-state index contributed by atoms with van der Waals surface area (Å²) < 4.78 is 4.61. The molecule has 1 saturated heterocycles. The quantitative estimate of drug-likeness (QED) is 0.901. The molecular weight excluding hydrogens is 248 g/mol. The molecule has 1 aromatic rings. The Morgan fingerprint density at radius 1 is 1.47 bits per heavy atom. The average Bonchev–Trinajstić information content (AvgIpc) is 3.05. The highest BCUT2D eigenvalue weighted by molar-refractivity contribution is 5.95. The third-order valence-corrected chi connectivity index (χ3v) is 4.17. The number of aromatic carboxylic acids is 1. The van der Waals surface area contributed by atoms with Crippen molar-refractivity contribution in [2.24, 2.45) is 5.41 Å². The Labute approximate surface area is 111 Å². The summed E-state index contributed by atoms with van der Waals surface area (Å²) >= 11 is 0. The first-order chi connectivity index (χ1) is 9.01. The highest BCUT2D eigenvalue weighted by atomic mass is 16.5. The number of carboxylic acids is 1. The van der Waals surface area contributed by atoms with Crippen molar-refractivity contribution in [2.45, 2.75) is 33.1 Å². The zero-order chi connectivity index (χ0) is 14.0. The number of rotatable bonds is 4. The molecule has 1 aliphatic heterocycles. The molecule has 0 saturated carbocycles. The second-order valence-electron chi connectivity index (χ2n) is 5.07. The van der Waals surface area contributed by atoms with Gasteiger partial charge in [-0.3, -0.25) is 4.79 Å². The van der Waals surface area contributed by atoms with Crippen LogP contribution in [0.1, 0.15) is 54.2 Å². The number of nitrogens with zero attached hydrogens (tertiary/aromatic N) is 2. The standard InChI is InChI=1S/C13H18N2O4/c1-3-13(4-2)5-6-15(8-13)11(16)9-7-10(12(17)18)19-14-9/h7H,3-6,8H2,1-2H3,(H,17,18). The van der Waals surface area contributed by atoms with Crippen LogP contribution in [0.3, 0.4) is 0 Å². The van der Waals surface area contributed by atoms with Gasteiger partial charge in [0.25, 0.3) is 5.91 Å². The first-order valence-electron chi connectivity index (χ1n) is 6.50. The van der Waals surface area contributed by atoms with Crippen molar-refractivity contribution in [3.05, 3.63) is 17.5 Å². The van der Waals surface area contributed by atoms with E-state index in [2.05, 4.69) is 23.5 Å². The molecule has 0 aromatic carbocycles. The monoisotopic (exact) mass is 266 g/mol. The van der Waals surface area contributed by atoms with E-state index in [1.807, 2.05) is 0 Å². The molecule has 0 unspecified atom stereocenters. The van der Waals surface area contributed by atoms with Crippen LogP contribution in [-0.2, 0) is 0 Å². The van der Waals surface area contributed by atoms with E-state index in [1.54, 1.807) is 4.90 Å². The molecule has 1 fully saturated rings. The number of hydrogen-bond donors (Lipinski definition) is 1. The molecule has 0 radical (unpaired) electrons. The zero-order valence-corrected chi connectivity index (χ0v) is 11.2. The number of amides is 1. The highest BCUT2D eigenvalue weighted by Crippen LogP contribution is 2.37. The molecule has 1 aliphatic rings. The molecule has 2 heterocycles. The minimum absolute atomic E-state index is 0.0698. The summed E-state index contributed by atoms with van der Waals surface area (Å²) in [5.41, 5.74) is 0.259. The number of aromatic nitrogens is 1. The number of carboxylic acid groups (broad SMARTS) is 1. The molecule has 6 nitrogen and oxygen atoms in total. The smallest absolute Gasteiger partial charge is 0.374 e. The van der Waals surface area contributed by atoms with E-state index in [0.29, 0.717) is 13.1 Å². The fourth-order valence-electron chi connectivity index (χ4n) is 2.57. The van der Waals surface area contributed by atoms with E-state index in [9.17, 15) is 9.59 Å². The van der Waals surface area contributed by atoms with E-state index in [0.717, 1.165) is 19.3 Å². The van der Waals surface area contributed by atoms with Crippen molar-refractivity contribution in [2.75, 3.05) is 13.1 Å². The fourth-order valence-corrected chi connectivity index (χ4v) is 2.57. The van der Waals surface area contributed by atoms with Crippen LogP contribution < -0.4 is 0 Å². The first-order valence-corrected chi connectivity index (χ1v) is 6.50. The van der Waals surface area contributed by atoms with Crippen molar-refractivity contribution < 1.29 is 19.2 Å². The van der Waals surface area contributed by atoms with Crippen LogP contribution in [0.2, 0.25) is 0 Å². The highest BCUT2D eigenvalue weighted by Gasteiger charge is 2.38. The van der Waals surface area contributed by atoms with Gasteiger partial charge in [0, 0.05) is 19.2 Å². The summed E-state index contributed by atoms with van der Waals surface area (Å²) in [5, 5.41) is 12.3. The second-order valence-corrected chi connectivity index (χ2v) is 5.07. The summed E-state index contributed by atoms with van der Waals surface area (Å²) in [6, 6.07) is 1.18. The normalized spacial score (nSPS) is 17.7. The van der Waals surface area contributed by atoms with Crippen LogP contribution >= 0.6 is 0 Å². The average molecular weight is 266 g/mol. The maximum atomic E-state index is 12.2. The van der Waals surface area contributed by atoms with Crippen LogP contribution in [0.15, 0.2) is 10.6 Å². The van der Waals surface area contributed by atoms with Gasteiger partial charge in [0.15, 0.2) is 5.69 Å². The van der Waals surface area contributed by atoms with Gasteiger partial charge in [0.2, 0.25) is 5.76 Å². The van der Waals surface area contributed by atoms with Gasteiger partial charge in [-0.25, -0.2) is 4.79 Å². The van der Waals surface area contributed by atoms with Crippen molar-refractivity contribution in [3.63, 3.8) is 0 Å². The van der Waals surface area contributed by atoms with Crippen LogP contribution in [-0.4, -0.2) is 40.1 Å². The van der Waals surface area contributed by atoms with Crippen molar-refractivity contribution in [1.82, 2.24) is 10.1 Å². The molecule has 0 bridgehead atoms. The topological polar surface area (TPSA) is 83.6 Å². The second kappa shape index (κ2) is 5.03. The van der Waals surface area contributed by atoms with Gasteiger partial charge in [-0.15, -0.1) is 0 Å². The Morgan fingerprint density at radius 2 is 2.16 bits per heavy atom. The molecule has 1 aromatic heterocycles. The van der Waals surface area contributed by atoms with Gasteiger partial charge < -0.3 is 14.5 Å². The Morgan fingerprint density at radius 3 is 2.63 bits per heavy atom. The van der Waals surface area contributed by atoms with Crippen molar-refractivity contribution in [1.29, 1.82) is 0 Å². The lowest BCUT2D eigenvalue weighted by Gasteiger charge is -2.25. The summed E-state index contributed by atoms with van der Waals surface area (Å²) in [7, 11) is 0. The Bertz CT molecular complexity index is 491. The SMILES string of the molecule is CCC1(CC)CCN(C(=O)c2cc(C(=O)O)on2)C1. The minimum Gasteiger partial charge on any atom is -0.475 e. The van der Waals surface area contributed by atoms with Crippen molar-refractivity contribution >= 4 is 11.9 Å². The largest absolute Gasteiger partial charge is 0.475 e. The summed E-state index contributed by atoms with van der Waals surface area (Å²) in [4.78, 5) is 24.6. The van der Waals surface area contributed by atoms with E-state index < -0.39 is 5.97 Å². The number of hydrogen-bond acceptors (Lipinski definition) is 4. The number of carbonyl (C=O) groups is 2. The third-order valence-electron chi connectivity index (χ3n) is 4.17. The zero-order valence-electron chi connectivity index (χ0n) is 11.2. The molecule has 0 spiro atoms. The molecule has 2 rings (SSSR count). The van der Waals surface area contributed by atoms with E-state index in [1.165, 1.54) is 6.07 Å². The first kappa shape index (κ1) is 13.6. The van der Waals surface area contributed by atoms with Gasteiger partial charge in [-0.2, -0.15) is 0 Å². The predicted octanol–water partition coefficient (Wildman–Crippen LogP) is 2.03. The lowest BCUT2D eigenvalue weighted by atomic mass is 9.82. The van der Waals surface area contributed by atoms with Crippen LogP contribution in [0.5, 0.6) is 0 Å². The molecule has 0 aliphatic carbocycles. The number of likely N-dealkylation sites (tertiary alicyclic amines) is 1. The summed E-state index contributed by atoms with van der Waals surface area (Å²) in [6.45, 7) is 5.66. The van der Waals surface area contributed by atoms with E-state index in [-0.39, 0.29) is 22.8 Å². The molecule has 104 valence electrons. The predicted molar refractivity (Wildman–Crippen MR) is 67.0 cm³/mol. The van der Waals surface area contributed by atoms with Crippen LogP contribution in [0, 0.1) is 5.41 Å². The summed E-state index contributed by atoms with van der Waals surface area (Å²) in [6.07, 6.45) is 3.05. The van der Waals surface area contributed by atoms with Gasteiger partial charge in [-0.05, 0) is 24.7 Å².